The van der Waals surface area contributed by atoms with Crippen molar-refractivity contribution in [1.82, 2.24) is 5.32 Å². The summed E-state index contributed by atoms with van der Waals surface area (Å²) in [6, 6.07) is 6.91. The van der Waals surface area contributed by atoms with Crippen molar-refractivity contribution < 1.29 is 9.00 Å². The highest BCUT2D eigenvalue weighted by molar-refractivity contribution is 7.85. The first kappa shape index (κ1) is 13.5. The van der Waals surface area contributed by atoms with Gasteiger partial charge in [-0.1, -0.05) is 17.7 Å². The van der Waals surface area contributed by atoms with Gasteiger partial charge in [0.05, 0.1) is 0 Å². The second-order valence-electron chi connectivity index (χ2n) is 4.33. The minimum atomic E-state index is -1.09. The van der Waals surface area contributed by atoms with Crippen molar-refractivity contribution in [3.05, 3.63) is 29.3 Å². The third kappa shape index (κ3) is 4.08. The first-order valence-corrected chi connectivity index (χ1v) is 7.61. The Bertz CT molecular complexity index is 463. The minimum absolute atomic E-state index is 0.0447. The van der Waals surface area contributed by atoms with E-state index in [4.69, 9.17) is 11.6 Å². The molecule has 1 unspecified atom stereocenters. The Morgan fingerprint density at radius 2 is 2.28 bits per heavy atom. The number of carbonyl (C=O) groups is 1. The number of anilines is 1. The maximum absolute atomic E-state index is 11.7. The van der Waals surface area contributed by atoms with Crippen LogP contribution in [0.1, 0.15) is 0 Å². The Morgan fingerprint density at radius 1 is 1.50 bits per heavy atom. The van der Waals surface area contributed by atoms with Crippen molar-refractivity contribution >= 4 is 34.0 Å². The van der Waals surface area contributed by atoms with E-state index in [0.29, 0.717) is 22.4 Å². The van der Waals surface area contributed by atoms with Crippen LogP contribution in [0.5, 0.6) is 0 Å². The molecule has 1 aromatic rings. The normalized spacial score (nSPS) is 16.9. The standard InChI is InChI=1S/C12H15ClN2O2S/c13-10-2-1-3-11(4-10)15-12(16)8-18(17)7-9-5-14-6-9/h1-4,9,14H,5-8H2,(H,15,16). The Morgan fingerprint density at radius 3 is 2.89 bits per heavy atom. The van der Waals surface area contributed by atoms with Crippen LogP contribution in [-0.2, 0) is 15.6 Å². The van der Waals surface area contributed by atoms with Gasteiger partial charge in [0.15, 0.2) is 0 Å². The fourth-order valence-corrected chi connectivity index (χ4v) is 3.13. The number of hydrogen-bond acceptors (Lipinski definition) is 3. The van der Waals surface area contributed by atoms with Crippen LogP contribution in [0.3, 0.4) is 0 Å². The number of halogens is 1. The van der Waals surface area contributed by atoms with Gasteiger partial charge in [0.2, 0.25) is 5.91 Å². The van der Waals surface area contributed by atoms with Gasteiger partial charge in [0.25, 0.3) is 0 Å². The van der Waals surface area contributed by atoms with Crippen molar-refractivity contribution in [1.29, 1.82) is 0 Å². The molecule has 1 saturated heterocycles. The third-order valence-electron chi connectivity index (χ3n) is 2.69. The van der Waals surface area contributed by atoms with E-state index in [1.165, 1.54) is 0 Å². The van der Waals surface area contributed by atoms with Crippen LogP contribution in [-0.4, -0.2) is 34.7 Å². The van der Waals surface area contributed by atoms with Gasteiger partial charge in [0.1, 0.15) is 5.75 Å². The summed E-state index contributed by atoms with van der Waals surface area (Å²) in [4.78, 5) is 11.7. The summed E-state index contributed by atoms with van der Waals surface area (Å²) in [5.41, 5.74) is 0.634. The molecule has 4 nitrogen and oxygen atoms in total. The van der Waals surface area contributed by atoms with Crippen molar-refractivity contribution in [2.45, 2.75) is 0 Å². The molecule has 0 bridgehead atoms. The molecule has 1 aromatic carbocycles. The maximum atomic E-state index is 11.7. The summed E-state index contributed by atoms with van der Waals surface area (Å²) in [6.07, 6.45) is 0. The molecule has 18 heavy (non-hydrogen) atoms. The van der Waals surface area contributed by atoms with Crippen LogP contribution in [0, 0.1) is 5.92 Å². The molecule has 1 atom stereocenters. The summed E-state index contributed by atoms with van der Waals surface area (Å²) in [5, 5.41) is 6.37. The first-order chi connectivity index (χ1) is 8.63. The van der Waals surface area contributed by atoms with Crippen LogP contribution in [0.15, 0.2) is 24.3 Å². The summed E-state index contributed by atoms with van der Waals surface area (Å²) >= 11 is 5.81. The smallest absolute Gasteiger partial charge is 0.236 e. The van der Waals surface area contributed by atoms with Gasteiger partial charge in [-0.05, 0) is 24.1 Å². The molecule has 0 saturated carbocycles. The average Bonchev–Trinajstić information content (AvgIpc) is 2.23. The fourth-order valence-electron chi connectivity index (χ4n) is 1.70. The van der Waals surface area contributed by atoms with E-state index >= 15 is 0 Å². The lowest BCUT2D eigenvalue weighted by Gasteiger charge is -2.26. The molecule has 0 spiro atoms. The predicted molar refractivity (Wildman–Crippen MR) is 74.3 cm³/mol. The molecule has 1 aliphatic heterocycles. The molecule has 1 fully saturated rings. The number of benzene rings is 1. The Balaban J connectivity index is 1.79. The zero-order valence-corrected chi connectivity index (χ0v) is 11.4. The largest absolute Gasteiger partial charge is 0.325 e. The summed E-state index contributed by atoms with van der Waals surface area (Å²) in [5.74, 6) is 0.853. The minimum Gasteiger partial charge on any atom is -0.325 e. The van der Waals surface area contributed by atoms with Gasteiger partial charge < -0.3 is 10.6 Å². The number of carbonyl (C=O) groups excluding carboxylic acids is 1. The van der Waals surface area contributed by atoms with Crippen molar-refractivity contribution in [2.24, 2.45) is 5.92 Å². The van der Waals surface area contributed by atoms with Crippen molar-refractivity contribution in [2.75, 3.05) is 29.9 Å². The summed E-state index contributed by atoms with van der Waals surface area (Å²) in [7, 11) is -1.09. The molecule has 2 rings (SSSR count). The van der Waals surface area contributed by atoms with E-state index in [0.717, 1.165) is 13.1 Å². The van der Waals surface area contributed by atoms with E-state index in [1.807, 2.05) is 0 Å². The highest BCUT2D eigenvalue weighted by Crippen LogP contribution is 2.14. The van der Waals surface area contributed by atoms with Crippen LogP contribution >= 0.6 is 11.6 Å². The molecule has 2 N–H and O–H groups in total. The molecular formula is C12H15ClN2O2S. The number of nitrogens with one attached hydrogen (secondary N) is 2. The van der Waals surface area contributed by atoms with Crippen molar-refractivity contribution in [3.63, 3.8) is 0 Å². The van der Waals surface area contributed by atoms with E-state index in [2.05, 4.69) is 10.6 Å². The topological polar surface area (TPSA) is 58.2 Å². The number of rotatable bonds is 5. The van der Waals surface area contributed by atoms with Crippen LogP contribution in [0.2, 0.25) is 5.02 Å². The zero-order valence-electron chi connectivity index (χ0n) is 9.82. The van der Waals surface area contributed by atoms with Crippen LogP contribution < -0.4 is 10.6 Å². The second-order valence-corrected chi connectivity index (χ2v) is 6.27. The van der Waals surface area contributed by atoms with Gasteiger partial charge in [0, 0.05) is 40.4 Å². The van der Waals surface area contributed by atoms with E-state index in [1.54, 1.807) is 24.3 Å². The van der Waals surface area contributed by atoms with E-state index in [9.17, 15) is 9.00 Å². The van der Waals surface area contributed by atoms with Gasteiger partial charge in [-0.15, -0.1) is 0 Å². The summed E-state index contributed by atoms with van der Waals surface area (Å²) in [6.45, 7) is 1.81. The SMILES string of the molecule is O=C(CS(=O)CC1CNC1)Nc1cccc(Cl)c1. The molecule has 1 aliphatic rings. The van der Waals surface area contributed by atoms with Gasteiger partial charge in [-0.25, -0.2) is 0 Å². The van der Waals surface area contributed by atoms with Gasteiger partial charge in [-0.3, -0.25) is 9.00 Å². The predicted octanol–water partition coefficient (Wildman–Crippen LogP) is 1.25. The molecule has 98 valence electrons. The second kappa shape index (κ2) is 6.31. The Kier molecular flexibility index (Phi) is 4.74. The molecule has 0 aromatic heterocycles. The highest BCUT2D eigenvalue weighted by Gasteiger charge is 2.20. The molecular weight excluding hydrogens is 272 g/mol. The molecule has 0 aliphatic carbocycles. The fraction of sp³-hybridized carbons (Fsp3) is 0.417. The number of amides is 1. The van der Waals surface area contributed by atoms with Crippen LogP contribution in [0.4, 0.5) is 5.69 Å². The molecule has 1 amide bonds. The van der Waals surface area contributed by atoms with Crippen LogP contribution in [0.25, 0.3) is 0 Å². The third-order valence-corrected chi connectivity index (χ3v) is 4.35. The maximum Gasteiger partial charge on any atom is 0.236 e. The highest BCUT2D eigenvalue weighted by atomic mass is 35.5. The number of hydrogen-bond donors (Lipinski definition) is 2. The van der Waals surface area contributed by atoms with Crippen molar-refractivity contribution in [3.8, 4) is 0 Å². The monoisotopic (exact) mass is 286 g/mol. The Labute approximate surface area is 114 Å². The van der Waals surface area contributed by atoms with Gasteiger partial charge >= 0.3 is 0 Å². The lowest BCUT2D eigenvalue weighted by Crippen LogP contribution is -2.45. The molecule has 6 heteroatoms. The van der Waals surface area contributed by atoms with E-state index in [-0.39, 0.29) is 11.7 Å². The lowest BCUT2D eigenvalue weighted by atomic mass is 10.1. The Hall–Kier alpha value is -0.910. The van der Waals surface area contributed by atoms with E-state index < -0.39 is 10.8 Å². The zero-order chi connectivity index (χ0) is 13.0. The average molecular weight is 287 g/mol. The lowest BCUT2D eigenvalue weighted by molar-refractivity contribution is -0.113. The molecule has 0 radical (unpaired) electrons. The van der Waals surface area contributed by atoms with Gasteiger partial charge in [-0.2, -0.15) is 0 Å². The molecule has 1 heterocycles. The first-order valence-electron chi connectivity index (χ1n) is 5.74. The summed E-state index contributed by atoms with van der Waals surface area (Å²) < 4.78 is 11.7. The quantitative estimate of drug-likeness (QED) is 0.856.